The minimum atomic E-state index is -0.678. The molecule has 2 aromatic carbocycles. The Morgan fingerprint density at radius 2 is 1.92 bits per heavy atom. The van der Waals surface area contributed by atoms with Crippen LogP contribution in [-0.4, -0.2) is 43.1 Å². The number of aliphatic hydroxyl groups excluding tert-OH is 1. The lowest BCUT2D eigenvalue weighted by molar-refractivity contribution is 0.0674. The molecule has 1 atom stereocenters. The number of H-pyrrole nitrogens is 1. The van der Waals surface area contributed by atoms with E-state index in [4.69, 9.17) is 5.10 Å². The third-order valence-corrected chi connectivity index (χ3v) is 6.83. The lowest BCUT2D eigenvalue weighted by Gasteiger charge is -2.38. The van der Waals surface area contributed by atoms with Gasteiger partial charge in [-0.15, -0.1) is 0 Å². The summed E-state index contributed by atoms with van der Waals surface area (Å²) in [6.07, 6.45) is 1.03. The molecule has 3 heterocycles. The van der Waals surface area contributed by atoms with Crippen LogP contribution in [0.3, 0.4) is 0 Å². The highest BCUT2D eigenvalue weighted by molar-refractivity contribution is 6.04. The van der Waals surface area contributed by atoms with Crippen molar-refractivity contribution in [2.24, 2.45) is 0 Å². The van der Waals surface area contributed by atoms with E-state index in [-0.39, 0.29) is 24.0 Å². The fourth-order valence-corrected chi connectivity index (χ4v) is 5.11. The number of fused-ring (bicyclic) bond motifs is 1. The molecule has 0 bridgehead atoms. The maximum atomic E-state index is 13.6. The van der Waals surface area contributed by atoms with Crippen molar-refractivity contribution in [1.29, 1.82) is 0 Å². The van der Waals surface area contributed by atoms with E-state index < -0.39 is 17.4 Å². The van der Waals surface area contributed by atoms with Crippen molar-refractivity contribution < 1.29 is 19.1 Å². The summed E-state index contributed by atoms with van der Waals surface area (Å²) in [6.45, 7) is 6.71. The first-order chi connectivity index (χ1) is 18.1. The molecule has 0 spiro atoms. The SMILES string of the molecule is C[C@@H](O)c1cccc(NC(=O)c2nn(Cc3ccc(F)cc3)c3c2CN(C(=O)c2ccc[nH]2)CC3(C)C)c1. The van der Waals surface area contributed by atoms with Gasteiger partial charge in [-0.25, -0.2) is 4.39 Å². The van der Waals surface area contributed by atoms with Crippen LogP contribution in [0.4, 0.5) is 10.1 Å². The van der Waals surface area contributed by atoms with Crippen LogP contribution in [0.15, 0.2) is 66.9 Å². The Bertz CT molecular complexity index is 1470. The predicted molar refractivity (Wildman–Crippen MR) is 141 cm³/mol. The average molecular weight is 516 g/mol. The number of hydrogen-bond acceptors (Lipinski definition) is 4. The number of rotatable bonds is 6. The Hall–Kier alpha value is -4.24. The highest BCUT2D eigenvalue weighted by atomic mass is 19.1. The van der Waals surface area contributed by atoms with Gasteiger partial charge in [-0.2, -0.15) is 5.10 Å². The quantitative estimate of drug-likeness (QED) is 0.348. The zero-order valence-corrected chi connectivity index (χ0v) is 21.5. The molecule has 3 N–H and O–H groups in total. The van der Waals surface area contributed by atoms with Gasteiger partial charge in [-0.05, 0) is 54.4 Å². The Balaban J connectivity index is 1.55. The first-order valence-electron chi connectivity index (χ1n) is 12.5. The van der Waals surface area contributed by atoms with Crippen LogP contribution in [0.2, 0.25) is 0 Å². The standard InChI is InChI=1S/C29H30FN5O3/c1-18(36)20-6-4-7-22(14-20)32-27(37)25-23-16-34(28(38)24-8-5-13-31-24)17-29(2,3)26(23)35(33-25)15-19-9-11-21(30)12-10-19/h4-14,18,31,36H,15-17H2,1-3H3,(H,32,37)/t18-/m1/s1. The van der Waals surface area contributed by atoms with Crippen molar-refractivity contribution in [1.82, 2.24) is 19.7 Å². The highest BCUT2D eigenvalue weighted by Gasteiger charge is 2.41. The minimum Gasteiger partial charge on any atom is -0.389 e. The van der Waals surface area contributed by atoms with E-state index in [1.165, 1.54) is 12.1 Å². The first kappa shape index (κ1) is 25.4. The Labute approximate surface area is 220 Å². The molecular formula is C29H30FN5O3. The molecule has 4 aromatic rings. The predicted octanol–water partition coefficient (Wildman–Crippen LogP) is 4.64. The van der Waals surface area contributed by atoms with Gasteiger partial charge in [0.15, 0.2) is 5.69 Å². The molecule has 0 saturated carbocycles. The Morgan fingerprint density at radius 1 is 1.16 bits per heavy atom. The molecule has 5 rings (SSSR count). The number of nitrogens with zero attached hydrogens (tertiary/aromatic N) is 3. The number of amides is 2. The summed E-state index contributed by atoms with van der Waals surface area (Å²) >= 11 is 0. The Morgan fingerprint density at radius 3 is 2.61 bits per heavy atom. The zero-order valence-electron chi connectivity index (χ0n) is 21.5. The normalized spacial score (nSPS) is 15.1. The molecule has 196 valence electrons. The number of anilines is 1. The summed E-state index contributed by atoms with van der Waals surface area (Å²) in [5.74, 6) is -0.891. The van der Waals surface area contributed by atoms with Gasteiger partial charge in [-0.3, -0.25) is 14.3 Å². The second kappa shape index (κ2) is 9.90. The lowest BCUT2D eigenvalue weighted by atomic mass is 9.82. The van der Waals surface area contributed by atoms with E-state index >= 15 is 0 Å². The maximum Gasteiger partial charge on any atom is 0.276 e. The highest BCUT2D eigenvalue weighted by Crippen LogP contribution is 2.36. The lowest BCUT2D eigenvalue weighted by Crippen LogP contribution is -2.46. The fraction of sp³-hybridized carbons (Fsp3) is 0.276. The molecule has 0 saturated heterocycles. The number of carbonyl (C=O) groups excluding carboxylic acids is 2. The van der Waals surface area contributed by atoms with Crippen LogP contribution in [0.5, 0.6) is 0 Å². The first-order valence-corrected chi connectivity index (χ1v) is 12.5. The number of carbonyl (C=O) groups is 2. The van der Waals surface area contributed by atoms with Crippen LogP contribution in [-0.2, 0) is 18.5 Å². The number of benzene rings is 2. The van der Waals surface area contributed by atoms with E-state index in [1.807, 2.05) is 13.8 Å². The van der Waals surface area contributed by atoms with Gasteiger partial charge in [0, 0.05) is 29.4 Å². The maximum absolute atomic E-state index is 13.6. The third kappa shape index (κ3) is 4.97. The van der Waals surface area contributed by atoms with Gasteiger partial charge in [0.05, 0.1) is 24.9 Å². The van der Waals surface area contributed by atoms with E-state index in [0.717, 1.165) is 11.3 Å². The van der Waals surface area contributed by atoms with Crippen molar-refractivity contribution in [3.8, 4) is 0 Å². The number of hydrogen-bond donors (Lipinski definition) is 3. The molecule has 1 aliphatic rings. The molecule has 0 unspecified atom stereocenters. The molecule has 0 aliphatic carbocycles. The van der Waals surface area contributed by atoms with Gasteiger partial charge < -0.3 is 20.3 Å². The summed E-state index contributed by atoms with van der Waals surface area (Å²) in [5.41, 5.74) is 3.76. The third-order valence-electron chi connectivity index (χ3n) is 6.83. The van der Waals surface area contributed by atoms with Gasteiger partial charge in [0.1, 0.15) is 11.5 Å². The molecule has 0 radical (unpaired) electrons. The van der Waals surface area contributed by atoms with Crippen molar-refractivity contribution in [3.05, 3.63) is 106 Å². The zero-order chi connectivity index (χ0) is 27.0. The molecule has 1 aliphatic heterocycles. The second-order valence-electron chi connectivity index (χ2n) is 10.3. The Kier molecular flexibility index (Phi) is 6.62. The van der Waals surface area contributed by atoms with Crippen LogP contribution in [0.1, 0.15) is 70.2 Å². The number of halogens is 1. The van der Waals surface area contributed by atoms with Crippen molar-refractivity contribution in [2.45, 2.75) is 45.4 Å². The van der Waals surface area contributed by atoms with E-state index in [9.17, 15) is 19.1 Å². The summed E-state index contributed by atoms with van der Waals surface area (Å²) in [6, 6.07) is 16.7. The molecule has 2 amide bonds. The fourth-order valence-electron chi connectivity index (χ4n) is 5.11. The van der Waals surface area contributed by atoms with Crippen molar-refractivity contribution in [3.63, 3.8) is 0 Å². The molecule has 38 heavy (non-hydrogen) atoms. The number of aromatic nitrogens is 3. The summed E-state index contributed by atoms with van der Waals surface area (Å²) in [5, 5.41) is 17.6. The molecule has 2 aromatic heterocycles. The smallest absolute Gasteiger partial charge is 0.276 e. The molecule has 9 heteroatoms. The van der Waals surface area contributed by atoms with Gasteiger partial charge in [0.2, 0.25) is 0 Å². The van der Waals surface area contributed by atoms with E-state index in [0.29, 0.717) is 35.6 Å². The van der Waals surface area contributed by atoms with Gasteiger partial charge in [0.25, 0.3) is 11.8 Å². The van der Waals surface area contributed by atoms with Crippen LogP contribution in [0.25, 0.3) is 0 Å². The number of nitrogens with one attached hydrogen (secondary N) is 2. The monoisotopic (exact) mass is 515 g/mol. The van der Waals surface area contributed by atoms with Crippen molar-refractivity contribution >= 4 is 17.5 Å². The molecular weight excluding hydrogens is 485 g/mol. The molecule has 0 fully saturated rings. The van der Waals surface area contributed by atoms with E-state index in [1.54, 1.807) is 71.2 Å². The van der Waals surface area contributed by atoms with Crippen LogP contribution >= 0.6 is 0 Å². The van der Waals surface area contributed by atoms with Crippen LogP contribution in [0, 0.1) is 5.82 Å². The number of aromatic amines is 1. The average Bonchev–Trinajstić information content (AvgIpc) is 3.54. The largest absolute Gasteiger partial charge is 0.389 e. The topological polar surface area (TPSA) is 103 Å². The molecule has 8 nitrogen and oxygen atoms in total. The van der Waals surface area contributed by atoms with Crippen molar-refractivity contribution in [2.75, 3.05) is 11.9 Å². The van der Waals surface area contributed by atoms with E-state index in [2.05, 4.69) is 10.3 Å². The minimum absolute atomic E-state index is 0.156. The summed E-state index contributed by atoms with van der Waals surface area (Å²) < 4.78 is 15.3. The van der Waals surface area contributed by atoms with Crippen LogP contribution < -0.4 is 5.32 Å². The van der Waals surface area contributed by atoms with Gasteiger partial charge >= 0.3 is 0 Å². The summed E-state index contributed by atoms with van der Waals surface area (Å²) in [4.78, 5) is 31.5. The second-order valence-corrected chi connectivity index (χ2v) is 10.3. The number of aliphatic hydroxyl groups is 1. The summed E-state index contributed by atoms with van der Waals surface area (Å²) in [7, 11) is 0. The van der Waals surface area contributed by atoms with Gasteiger partial charge in [-0.1, -0.05) is 38.1 Å².